The van der Waals surface area contributed by atoms with Crippen molar-refractivity contribution in [3.05, 3.63) is 47.0 Å². The Hall–Kier alpha value is -1.12. The van der Waals surface area contributed by atoms with E-state index in [9.17, 15) is 10.2 Å². The van der Waals surface area contributed by atoms with Gasteiger partial charge in [0.2, 0.25) is 0 Å². The zero-order valence-corrected chi connectivity index (χ0v) is 11.1. The van der Waals surface area contributed by atoms with Crippen LogP contribution in [0.4, 0.5) is 0 Å². The highest BCUT2D eigenvalue weighted by Gasteiger charge is 2.25. The third kappa shape index (κ3) is 4.33. The maximum atomic E-state index is 10.4. The zero-order chi connectivity index (χ0) is 13.1. The maximum Gasteiger partial charge on any atom is 0.0896 e. The minimum atomic E-state index is -1.00. The molecule has 0 spiro atoms. The summed E-state index contributed by atoms with van der Waals surface area (Å²) in [4.78, 5) is 0. The Morgan fingerprint density at radius 2 is 1.82 bits per heavy atom. The molecule has 0 amide bonds. The SMILES string of the molecule is CC(C)=C[C@H](O)C[C@](C)(O)c1ccc(C)cc1. The van der Waals surface area contributed by atoms with Crippen molar-refractivity contribution in [1.29, 1.82) is 0 Å². The second kappa shape index (κ2) is 5.48. The van der Waals surface area contributed by atoms with E-state index in [1.807, 2.05) is 45.0 Å². The van der Waals surface area contributed by atoms with Crippen molar-refractivity contribution in [1.82, 2.24) is 0 Å². The number of hydrogen-bond acceptors (Lipinski definition) is 2. The van der Waals surface area contributed by atoms with Gasteiger partial charge in [-0.1, -0.05) is 41.5 Å². The van der Waals surface area contributed by atoms with Crippen LogP contribution >= 0.6 is 0 Å². The van der Waals surface area contributed by atoms with E-state index in [-0.39, 0.29) is 0 Å². The van der Waals surface area contributed by atoms with E-state index in [4.69, 9.17) is 0 Å². The molecule has 2 N–H and O–H groups in total. The van der Waals surface area contributed by atoms with E-state index < -0.39 is 11.7 Å². The van der Waals surface area contributed by atoms with Crippen LogP contribution in [0.5, 0.6) is 0 Å². The average molecular weight is 234 g/mol. The summed E-state index contributed by atoms with van der Waals surface area (Å²) in [7, 11) is 0. The van der Waals surface area contributed by atoms with E-state index in [1.54, 1.807) is 13.0 Å². The lowest BCUT2D eigenvalue weighted by atomic mass is 9.89. The first kappa shape index (κ1) is 13.9. The standard InChI is InChI=1S/C15H22O2/c1-11(2)9-14(16)10-15(4,17)13-7-5-12(3)6-8-13/h5-9,14,16-17H,10H2,1-4H3/t14-,15-/m0/s1. The molecule has 0 unspecified atom stereocenters. The lowest BCUT2D eigenvalue weighted by molar-refractivity contribution is 0.0129. The van der Waals surface area contributed by atoms with E-state index >= 15 is 0 Å². The van der Waals surface area contributed by atoms with Gasteiger partial charge < -0.3 is 10.2 Å². The Balaban J connectivity index is 2.81. The van der Waals surface area contributed by atoms with Crippen LogP contribution < -0.4 is 0 Å². The number of allylic oxidation sites excluding steroid dienone is 1. The fourth-order valence-corrected chi connectivity index (χ4v) is 1.88. The molecule has 1 rings (SSSR count). The largest absolute Gasteiger partial charge is 0.389 e. The van der Waals surface area contributed by atoms with Crippen LogP contribution in [0.1, 0.15) is 38.3 Å². The molecule has 0 aromatic heterocycles. The van der Waals surface area contributed by atoms with Crippen LogP contribution in [0, 0.1) is 6.92 Å². The molecule has 1 aromatic rings. The monoisotopic (exact) mass is 234 g/mol. The van der Waals surface area contributed by atoms with Crippen LogP contribution in [0.15, 0.2) is 35.9 Å². The normalized spacial score (nSPS) is 16.1. The first-order valence-electron chi connectivity index (χ1n) is 5.94. The Morgan fingerprint density at radius 3 is 2.29 bits per heavy atom. The lowest BCUT2D eigenvalue weighted by Crippen LogP contribution is -2.26. The third-order valence-electron chi connectivity index (χ3n) is 2.81. The molecule has 0 heterocycles. The molecule has 17 heavy (non-hydrogen) atoms. The summed E-state index contributed by atoms with van der Waals surface area (Å²) in [5.41, 5.74) is 2.05. The number of benzene rings is 1. The van der Waals surface area contributed by atoms with Gasteiger partial charge in [0.25, 0.3) is 0 Å². The van der Waals surface area contributed by atoms with E-state index in [2.05, 4.69) is 0 Å². The zero-order valence-electron chi connectivity index (χ0n) is 11.1. The van der Waals surface area contributed by atoms with Crippen molar-refractivity contribution in [3.63, 3.8) is 0 Å². The van der Waals surface area contributed by atoms with Crippen molar-refractivity contribution >= 4 is 0 Å². The molecular weight excluding hydrogens is 212 g/mol. The molecule has 2 heteroatoms. The highest BCUT2D eigenvalue weighted by Crippen LogP contribution is 2.26. The maximum absolute atomic E-state index is 10.4. The molecule has 2 nitrogen and oxygen atoms in total. The van der Waals surface area contributed by atoms with Crippen molar-refractivity contribution < 1.29 is 10.2 Å². The van der Waals surface area contributed by atoms with Crippen LogP contribution in [-0.2, 0) is 5.60 Å². The van der Waals surface area contributed by atoms with Crippen molar-refractivity contribution in [2.45, 2.75) is 45.8 Å². The molecule has 0 aliphatic heterocycles. The summed E-state index contributed by atoms with van der Waals surface area (Å²) in [5.74, 6) is 0. The van der Waals surface area contributed by atoms with Gasteiger partial charge in [0.05, 0.1) is 11.7 Å². The number of rotatable bonds is 4. The van der Waals surface area contributed by atoms with Gasteiger partial charge in [-0.15, -0.1) is 0 Å². The van der Waals surface area contributed by atoms with Gasteiger partial charge in [-0.3, -0.25) is 0 Å². The van der Waals surface area contributed by atoms with Crippen molar-refractivity contribution in [3.8, 4) is 0 Å². The summed E-state index contributed by atoms with van der Waals surface area (Å²) in [6, 6.07) is 7.75. The molecule has 94 valence electrons. The summed E-state index contributed by atoms with van der Waals surface area (Å²) in [6.45, 7) is 7.61. The smallest absolute Gasteiger partial charge is 0.0896 e. The molecule has 0 aliphatic carbocycles. The molecule has 0 fully saturated rings. The molecule has 0 saturated heterocycles. The van der Waals surface area contributed by atoms with E-state index in [0.29, 0.717) is 6.42 Å². The fourth-order valence-electron chi connectivity index (χ4n) is 1.88. The predicted octanol–water partition coefficient (Wildman–Crippen LogP) is 2.92. The third-order valence-corrected chi connectivity index (χ3v) is 2.81. The highest BCUT2D eigenvalue weighted by molar-refractivity contribution is 5.26. The second-order valence-electron chi connectivity index (χ2n) is 5.16. The predicted molar refractivity (Wildman–Crippen MR) is 70.8 cm³/mol. The van der Waals surface area contributed by atoms with Crippen molar-refractivity contribution in [2.24, 2.45) is 0 Å². The molecule has 0 bridgehead atoms. The van der Waals surface area contributed by atoms with Crippen LogP contribution in [0.25, 0.3) is 0 Å². The Bertz CT molecular complexity index is 384. The van der Waals surface area contributed by atoms with Crippen LogP contribution in [-0.4, -0.2) is 16.3 Å². The fraction of sp³-hybridized carbons (Fsp3) is 0.467. The van der Waals surface area contributed by atoms with Crippen LogP contribution in [0.3, 0.4) is 0 Å². The van der Waals surface area contributed by atoms with Gasteiger partial charge >= 0.3 is 0 Å². The molecule has 0 aliphatic rings. The Kier molecular flexibility index (Phi) is 4.49. The summed E-state index contributed by atoms with van der Waals surface area (Å²) in [6.07, 6.45) is 1.46. The topological polar surface area (TPSA) is 40.5 Å². The van der Waals surface area contributed by atoms with Crippen molar-refractivity contribution in [2.75, 3.05) is 0 Å². The van der Waals surface area contributed by atoms with E-state index in [0.717, 1.165) is 16.7 Å². The highest BCUT2D eigenvalue weighted by atomic mass is 16.3. The summed E-state index contributed by atoms with van der Waals surface area (Å²) < 4.78 is 0. The molecule has 1 aromatic carbocycles. The van der Waals surface area contributed by atoms with Crippen LogP contribution in [0.2, 0.25) is 0 Å². The number of hydrogen-bond donors (Lipinski definition) is 2. The number of aryl methyl sites for hydroxylation is 1. The quantitative estimate of drug-likeness (QED) is 0.786. The van der Waals surface area contributed by atoms with Gasteiger partial charge in [-0.05, 0) is 33.3 Å². The minimum absolute atomic E-state index is 0.307. The molecule has 0 radical (unpaired) electrons. The molecule has 2 atom stereocenters. The van der Waals surface area contributed by atoms with Gasteiger partial charge in [-0.2, -0.15) is 0 Å². The Labute approximate surface area is 104 Å². The second-order valence-corrected chi connectivity index (χ2v) is 5.16. The average Bonchev–Trinajstić information content (AvgIpc) is 2.15. The lowest BCUT2D eigenvalue weighted by Gasteiger charge is -2.26. The number of aliphatic hydroxyl groups is 2. The van der Waals surface area contributed by atoms with E-state index in [1.165, 1.54) is 0 Å². The van der Waals surface area contributed by atoms with Gasteiger partial charge in [0.15, 0.2) is 0 Å². The van der Waals surface area contributed by atoms with Gasteiger partial charge in [-0.25, -0.2) is 0 Å². The molecule has 0 saturated carbocycles. The minimum Gasteiger partial charge on any atom is -0.389 e. The van der Waals surface area contributed by atoms with Gasteiger partial charge in [0.1, 0.15) is 0 Å². The Morgan fingerprint density at radius 1 is 1.29 bits per heavy atom. The van der Waals surface area contributed by atoms with Gasteiger partial charge in [0, 0.05) is 6.42 Å². The summed E-state index contributed by atoms with van der Waals surface area (Å²) >= 11 is 0. The summed E-state index contributed by atoms with van der Waals surface area (Å²) in [5, 5.41) is 20.2. The first-order valence-corrected chi connectivity index (χ1v) is 5.94. The molecular formula is C15H22O2. The first-order chi connectivity index (χ1) is 7.81. The number of aliphatic hydroxyl groups excluding tert-OH is 1.